The lowest BCUT2D eigenvalue weighted by molar-refractivity contribution is 0.247. The van der Waals surface area contributed by atoms with Gasteiger partial charge in [-0.25, -0.2) is 13.8 Å². The van der Waals surface area contributed by atoms with Crippen LogP contribution in [0.5, 0.6) is 0 Å². The molecule has 2 aliphatic rings. The van der Waals surface area contributed by atoms with Gasteiger partial charge in [0, 0.05) is 43.7 Å². The highest BCUT2D eigenvalue weighted by Crippen LogP contribution is 2.28. The van der Waals surface area contributed by atoms with Crippen molar-refractivity contribution in [1.82, 2.24) is 9.88 Å². The van der Waals surface area contributed by atoms with Crippen LogP contribution >= 0.6 is 12.4 Å². The molecule has 4 rings (SSSR count). The first kappa shape index (κ1) is 15.4. The minimum absolute atomic E-state index is 0. The molecule has 1 aliphatic heterocycles. The summed E-state index contributed by atoms with van der Waals surface area (Å²) in [6.45, 7) is 3.90. The van der Waals surface area contributed by atoms with Gasteiger partial charge in [-0.15, -0.1) is 12.4 Å². The first-order valence-electron chi connectivity index (χ1n) is 7.45. The molecular formula is C16H18ClF2N3. The van der Waals surface area contributed by atoms with E-state index in [9.17, 15) is 8.78 Å². The molecule has 118 valence electrons. The fourth-order valence-electron chi connectivity index (χ4n) is 3.08. The monoisotopic (exact) mass is 325 g/mol. The molecule has 1 aromatic carbocycles. The number of anilines is 1. The maximum atomic E-state index is 13.8. The van der Waals surface area contributed by atoms with E-state index in [4.69, 9.17) is 0 Å². The topological polar surface area (TPSA) is 19.4 Å². The number of hydrogen-bond acceptors (Lipinski definition) is 3. The summed E-state index contributed by atoms with van der Waals surface area (Å²) in [6, 6.07) is 6.60. The molecule has 1 saturated heterocycles. The lowest BCUT2D eigenvalue weighted by atomic mass is 10.2. The number of rotatable bonds is 2. The van der Waals surface area contributed by atoms with E-state index in [-0.39, 0.29) is 17.9 Å². The van der Waals surface area contributed by atoms with Crippen LogP contribution in [0, 0.1) is 11.6 Å². The number of aromatic nitrogens is 1. The van der Waals surface area contributed by atoms with Crippen molar-refractivity contribution < 1.29 is 8.78 Å². The zero-order valence-corrected chi connectivity index (χ0v) is 13.0. The molecule has 3 nitrogen and oxygen atoms in total. The molecule has 1 aliphatic carbocycles. The van der Waals surface area contributed by atoms with Gasteiger partial charge in [0.2, 0.25) is 0 Å². The molecule has 2 aromatic rings. The molecule has 0 amide bonds. The van der Waals surface area contributed by atoms with Gasteiger partial charge in [0.15, 0.2) is 5.82 Å². The normalized spacial score (nSPS) is 19.3. The first-order chi connectivity index (χ1) is 10.2. The second-order valence-corrected chi connectivity index (χ2v) is 5.88. The lowest BCUT2D eigenvalue weighted by Crippen LogP contribution is -2.47. The molecule has 22 heavy (non-hydrogen) atoms. The van der Waals surface area contributed by atoms with E-state index in [0.29, 0.717) is 5.39 Å². The third-order valence-corrected chi connectivity index (χ3v) is 4.40. The summed E-state index contributed by atoms with van der Waals surface area (Å²) in [5, 5.41) is 0.507. The standard InChI is InChI=1S/C16H17F2N3.ClH/c17-12-9-11-1-4-15(19-16(11)14(18)10-12)21-7-5-20(6-8-21)13-2-3-13;/h1,4,9-10,13H,2-3,5-8H2;1H. The Morgan fingerprint density at radius 3 is 2.41 bits per heavy atom. The Kier molecular flexibility index (Phi) is 4.19. The predicted molar refractivity (Wildman–Crippen MR) is 85.7 cm³/mol. The van der Waals surface area contributed by atoms with Crippen LogP contribution in [-0.2, 0) is 0 Å². The van der Waals surface area contributed by atoms with Crippen LogP contribution in [0.15, 0.2) is 24.3 Å². The zero-order valence-electron chi connectivity index (χ0n) is 12.1. The van der Waals surface area contributed by atoms with Gasteiger partial charge >= 0.3 is 0 Å². The van der Waals surface area contributed by atoms with Crippen molar-refractivity contribution in [3.63, 3.8) is 0 Å². The summed E-state index contributed by atoms with van der Waals surface area (Å²) in [5.74, 6) is -0.375. The van der Waals surface area contributed by atoms with Gasteiger partial charge < -0.3 is 4.90 Å². The Bertz CT molecular complexity index is 682. The smallest absolute Gasteiger partial charge is 0.152 e. The maximum absolute atomic E-state index is 13.8. The summed E-state index contributed by atoms with van der Waals surface area (Å²) in [6.07, 6.45) is 2.65. The van der Waals surface area contributed by atoms with Crippen molar-refractivity contribution >= 4 is 29.1 Å². The van der Waals surface area contributed by atoms with Gasteiger partial charge in [-0.1, -0.05) is 0 Å². The molecular weight excluding hydrogens is 308 g/mol. The van der Waals surface area contributed by atoms with Crippen molar-refractivity contribution in [3.05, 3.63) is 35.9 Å². The predicted octanol–water partition coefficient (Wildman–Crippen LogP) is 3.22. The van der Waals surface area contributed by atoms with Crippen LogP contribution in [0.1, 0.15) is 12.8 Å². The maximum Gasteiger partial charge on any atom is 0.152 e. The van der Waals surface area contributed by atoms with Crippen LogP contribution in [0.3, 0.4) is 0 Å². The number of nitrogens with zero attached hydrogens (tertiary/aromatic N) is 3. The molecule has 0 N–H and O–H groups in total. The van der Waals surface area contributed by atoms with Crippen molar-refractivity contribution in [2.75, 3.05) is 31.1 Å². The first-order valence-corrected chi connectivity index (χ1v) is 7.45. The molecule has 1 saturated carbocycles. The summed E-state index contributed by atoms with van der Waals surface area (Å²) in [5.41, 5.74) is 0.249. The second-order valence-electron chi connectivity index (χ2n) is 5.88. The minimum atomic E-state index is -0.594. The fraction of sp³-hybridized carbons (Fsp3) is 0.438. The quantitative estimate of drug-likeness (QED) is 0.845. The van der Waals surface area contributed by atoms with E-state index in [0.717, 1.165) is 44.1 Å². The van der Waals surface area contributed by atoms with Gasteiger partial charge in [0.25, 0.3) is 0 Å². The summed E-state index contributed by atoms with van der Waals surface area (Å²) >= 11 is 0. The molecule has 6 heteroatoms. The van der Waals surface area contributed by atoms with Gasteiger partial charge in [0.1, 0.15) is 17.2 Å². The van der Waals surface area contributed by atoms with E-state index in [1.54, 1.807) is 6.07 Å². The minimum Gasteiger partial charge on any atom is -0.354 e. The molecule has 1 aromatic heterocycles. The van der Waals surface area contributed by atoms with Gasteiger partial charge in [-0.2, -0.15) is 0 Å². The van der Waals surface area contributed by atoms with Crippen molar-refractivity contribution in [3.8, 4) is 0 Å². The average molecular weight is 326 g/mol. The zero-order chi connectivity index (χ0) is 14.4. The van der Waals surface area contributed by atoms with Crippen LogP contribution in [-0.4, -0.2) is 42.1 Å². The summed E-state index contributed by atoms with van der Waals surface area (Å²) in [7, 11) is 0. The Labute approximate surface area is 134 Å². The Balaban J connectivity index is 0.00000144. The molecule has 2 heterocycles. The van der Waals surface area contributed by atoms with E-state index < -0.39 is 11.6 Å². The lowest BCUT2D eigenvalue weighted by Gasteiger charge is -2.35. The fourth-order valence-corrected chi connectivity index (χ4v) is 3.08. The third-order valence-electron chi connectivity index (χ3n) is 4.40. The summed E-state index contributed by atoms with van der Waals surface area (Å²) < 4.78 is 27.0. The van der Waals surface area contributed by atoms with Crippen LogP contribution < -0.4 is 4.90 Å². The average Bonchev–Trinajstić information content (AvgIpc) is 3.32. The van der Waals surface area contributed by atoms with Gasteiger partial charge in [-0.3, -0.25) is 4.90 Å². The number of fused-ring (bicyclic) bond motifs is 1. The van der Waals surface area contributed by atoms with Gasteiger partial charge in [-0.05, 0) is 31.0 Å². The molecule has 0 atom stereocenters. The Morgan fingerprint density at radius 1 is 1.00 bits per heavy atom. The molecule has 0 unspecified atom stereocenters. The number of benzene rings is 1. The number of piperazine rings is 1. The van der Waals surface area contributed by atoms with Crippen molar-refractivity contribution in [2.24, 2.45) is 0 Å². The van der Waals surface area contributed by atoms with Gasteiger partial charge in [0.05, 0.1) is 0 Å². The molecule has 0 bridgehead atoms. The summed E-state index contributed by atoms with van der Waals surface area (Å²) in [4.78, 5) is 9.09. The van der Waals surface area contributed by atoms with Crippen LogP contribution in [0.25, 0.3) is 10.9 Å². The molecule has 0 radical (unpaired) electrons. The van der Waals surface area contributed by atoms with Crippen molar-refractivity contribution in [2.45, 2.75) is 18.9 Å². The largest absolute Gasteiger partial charge is 0.354 e. The number of pyridine rings is 1. The Hall–Kier alpha value is -1.46. The highest BCUT2D eigenvalue weighted by molar-refractivity contribution is 5.85. The van der Waals surface area contributed by atoms with E-state index in [2.05, 4.69) is 14.8 Å². The third kappa shape index (κ3) is 2.88. The van der Waals surface area contributed by atoms with E-state index >= 15 is 0 Å². The molecule has 0 spiro atoms. The van der Waals surface area contributed by atoms with E-state index in [1.165, 1.54) is 18.9 Å². The number of halogens is 3. The highest BCUT2D eigenvalue weighted by atomic mass is 35.5. The van der Waals surface area contributed by atoms with E-state index in [1.807, 2.05) is 6.07 Å². The SMILES string of the molecule is Cl.Fc1cc(F)c2nc(N3CCN(C4CC4)CC3)ccc2c1. The number of hydrogen-bond donors (Lipinski definition) is 0. The molecule has 2 fully saturated rings. The van der Waals surface area contributed by atoms with Crippen molar-refractivity contribution in [1.29, 1.82) is 0 Å². The Morgan fingerprint density at radius 2 is 1.73 bits per heavy atom. The highest BCUT2D eigenvalue weighted by Gasteiger charge is 2.31. The second kappa shape index (κ2) is 5.97. The van der Waals surface area contributed by atoms with Crippen LogP contribution in [0.4, 0.5) is 14.6 Å². The van der Waals surface area contributed by atoms with Crippen LogP contribution in [0.2, 0.25) is 0 Å².